The first-order chi connectivity index (χ1) is 9.61. The zero-order chi connectivity index (χ0) is 14.2. The lowest BCUT2D eigenvalue weighted by molar-refractivity contribution is -0.120. The second-order valence-corrected chi connectivity index (χ2v) is 7.32. The molecule has 0 aromatic heterocycles. The third kappa shape index (κ3) is 2.56. The molecule has 0 spiro atoms. The molecule has 110 valence electrons. The standard InChI is InChI=1S/C16H25N3O/c1-11(19-10-15(20)18-3-2-17)16-7-12-4-13(8-16)6-14(5-12)9-16/h11-14,19H,3-10H2,1H3,(H,18,20). The third-order valence-corrected chi connectivity index (χ3v) is 5.94. The van der Waals surface area contributed by atoms with E-state index in [0.29, 0.717) is 18.0 Å². The third-order valence-electron chi connectivity index (χ3n) is 5.94. The molecule has 0 radical (unpaired) electrons. The highest BCUT2D eigenvalue weighted by Gasteiger charge is 2.52. The smallest absolute Gasteiger partial charge is 0.234 e. The number of hydrogen-bond donors (Lipinski definition) is 2. The Morgan fingerprint density at radius 3 is 2.30 bits per heavy atom. The maximum absolute atomic E-state index is 11.6. The molecule has 4 fully saturated rings. The first kappa shape index (κ1) is 13.9. The summed E-state index contributed by atoms with van der Waals surface area (Å²) in [5.74, 6) is 2.76. The van der Waals surface area contributed by atoms with Crippen LogP contribution in [0.3, 0.4) is 0 Å². The first-order valence-corrected chi connectivity index (χ1v) is 7.98. The summed E-state index contributed by atoms with van der Waals surface area (Å²) in [6, 6.07) is 2.34. The molecule has 4 saturated carbocycles. The monoisotopic (exact) mass is 275 g/mol. The number of nitriles is 1. The van der Waals surface area contributed by atoms with Gasteiger partial charge in [0.25, 0.3) is 0 Å². The number of hydrogen-bond acceptors (Lipinski definition) is 3. The highest BCUT2D eigenvalue weighted by Crippen LogP contribution is 2.61. The molecule has 0 saturated heterocycles. The van der Waals surface area contributed by atoms with Crippen LogP contribution in [0.2, 0.25) is 0 Å². The van der Waals surface area contributed by atoms with Gasteiger partial charge in [-0.2, -0.15) is 5.26 Å². The van der Waals surface area contributed by atoms with Crippen LogP contribution in [0.25, 0.3) is 0 Å². The van der Waals surface area contributed by atoms with Crippen molar-refractivity contribution in [2.75, 3.05) is 13.1 Å². The lowest BCUT2D eigenvalue weighted by Gasteiger charge is -2.59. The number of carbonyl (C=O) groups excluding carboxylic acids is 1. The number of nitrogens with zero attached hydrogens (tertiary/aromatic N) is 1. The molecule has 4 nitrogen and oxygen atoms in total. The van der Waals surface area contributed by atoms with Gasteiger partial charge in [0.15, 0.2) is 0 Å². The molecule has 4 heteroatoms. The predicted octanol–water partition coefficient (Wildman–Crippen LogP) is 1.82. The van der Waals surface area contributed by atoms with Gasteiger partial charge in [0.1, 0.15) is 6.54 Å². The largest absolute Gasteiger partial charge is 0.342 e. The van der Waals surface area contributed by atoms with Crippen LogP contribution < -0.4 is 10.6 Å². The van der Waals surface area contributed by atoms with E-state index >= 15 is 0 Å². The summed E-state index contributed by atoms with van der Waals surface area (Å²) in [5.41, 5.74) is 0.435. The molecule has 1 amide bonds. The summed E-state index contributed by atoms with van der Waals surface area (Å²) in [7, 11) is 0. The van der Waals surface area contributed by atoms with Crippen molar-refractivity contribution in [1.29, 1.82) is 5.26 Å². The van der Waals surface area contributed by atoms with Crippen LogP contribution in [0, 0.1) is 34.5 Å². The fourth-order valence-corrected chi connectivity index (χ4v) is 5.37. The quantitative estimate of drug-likeness (QED) is 0.752. The summed E-state index contributed by atoms with van der Waals surface area (Å²) in [6.07, 6.45) is 8.42. The number of rotatable bonds is 5. The van der Waals surface area contributed by atoms with E-state index in [9.17, 15) is 4.79 Å². The van der Waals surface area contributed by atoms with E-state index in [1.807, 2.05) is 6.07 Å². The van der Waals surface area contributed by atoms with Gasteiger partial charge in [-0.3, -0.25) is 4.79 Å². The molecule has 0 aliphatic heterocycles. The molecule has 0 aromatic rings. The van der Waals surface area contributed by atoms with Crippen LogP contribution in [-0.4, -0.2) is 25.0 Å². The molecule has 4 bridgehead atoms. The molecule has 20 heavy (non-hydrogen) atoms. The van der Waals surface area contributed by atoms with Crippen molar-refractivity contribution < 1.29 is 4.79 Å². The Hall–Kier alpha value is -1.08. The molecule has 0 aromatic carbocycles. The maximum Gasteiger partial charge on any atom is 0.234 e. The summed E-state index contributed by atoms with van der Waals surface area (Å²) in [6.45, 7) is 2.70. The second kappa shape index (κ2) is 5.37. The van der Waals surface area contributed by atoms with Gasteiger partial charge < -0.3 is 10.6 Å². The minimum absolute atomic E-state index is 0.0665. The number of nitrogens with one attached hydrogen (secondary N) is 2. The molecular weight excluding hydrogens is 250 g/mol. The van der Waals surface area contributed by atoms with Gasteiger partial charge in [0, 0.05) is 6.04 Å². The van der Waals surface area contributed by atoms with Gasteiger partial charge in [-0.15, -0.1) is 0 Å². The Morgan fingerprint density at radius 1 is 1.25 bits per heavy atom. The minimum Gasteiger partial charge on any atom is -0.342 e. The maximum atomic E-state index is 11.6. The molecule has 1 unspecified atom stereocenters. The molecule has 0 heterocycles. The average molecular weight is 275 g/mol. The van der Waals surface area contributed by atoms with Crippen molar-refractivity contribution in [3.8, 4) is 6.07 Å². The van der Waals surface area contributed by atoms with Gasteiger partial charge >= 0.3 is 0 Å². The van der Waals surface area contributed by atoms with E-state index in [-0.39, 0.29) is 12.5 Å². The fourth-order valence-electron chi connectivity index (χ4n) is 5.37. The normalized spacial score (nSPS) is 39.3. The van der Waals surface area contributed by atoms with Crippen LogP contribution in [0.4, 0.5) is 0 Å². The predicted molar refractivity (Wildman–Crippen MR) is 76.7 cm³/mol. The average Bonchev–Trinajstić information content (AvgIpc) is 2.41. The van der Waals surface area contributed by atoms with Crippen LogP contribution in [0.15, 0.2) is 0 Å². The van der Waals surface area contributed by atoms with Crippen LogP contribution in [0.1, 0.15) is 45.4 Å². The zero-order valence-corrected chi connectivity index (χ0v) is 12.3. The van der Waals surface area contributed by atoms with Gasteiger partial charge in [0.2, 0.25) is 5.91 Å². The summed E-state index contributed by atoms with van der Waals surface area (Å²) in [4.78, 5) is 11.6. The SMILES string of the molecule is CC(NCC(=O)NCC#N)C12CC3CC(CC(C3)C1)C2. The number of carbonyl (C=O) groups is 1. The Labute approximate surface area is 121 Å². The number of amides is 1. The minimum atomic E-state index is -0.0665. The van der Waals surface area contributed by atoms with Gasteiger partial charge in [-0.25, -0.2) is 0 Å². The lowest BCUT2D eigenvalue weighted by atomic mass is 9.48. The highest BCUT2D eigenvalue weighted by atomic mass is 16.1. The van der Waals surface area contributed by atoms with Gasteiger partial charge in [-0.1, -0.05) is 0 Å². The molecule has 4 rings (SSSR count). The van der Waals surface area contributed by atoms with Crippen LogP contribution in [-0.2, 0) is 4.79 Å². The van der Waals surface area contributed by atoms with Crippen molar-refractivity contribution >= 4 is 5.91 Å². The second-order valence-electron chi connectivity index (χ2n) is 7.32. The Morgan fingerprint density at radius 2 is 1.80 bits per heavy atom. The van der Waals surface area contributed by atoms with Crippen molar-refractivity contribution in [1.82, 2.24) is 10.6 Å². The van der Waals surface area contributed by atoms with E-state index in [4.69, 9.17) is 5.26 Å². The van der Waals surface area contributed by atoms with Crippen molar-refractivity contribution in [3.63, 3.8) is 0 Å². The van der Waals surface area contributed by atoms with Gasteiger partial charge in [0.05, 0.1) is 12.6 Å². The molecule has 1 atom stereocenters. The first-order valence-electron chi connectivity index (χ1n) is 7.98. The lowest BCUT2D eigenvalue weighted by Crippen LogP contribution is -2.55. The summed E-state index contributed by atoms with van der Waals surface area (Å²) in [5, 5.41) is 14.5. The Balaban J connectivity index is 1.56. The van der Waals surface area contributed by atoms with Crippen LogP contribution in [0.5, 0.6) is 0 Å². The topological polar surface area (TPSA) is 64.9 Å². The van der Waals surface area contributed by atoms with E-state index in [2.05, 4.69) is 17.6 Å². The van der Waals surface area contributed by atoms with Crippen LogP contribution >= 0.6 is 0 Å². The molecule has 2 N–H and O–H groups in total. The van der Waals surface area contributed by atoms with E-state index < -0.39 is 0 Å². The Bertz CT molecular complexity index is 391. The van der Waals surface area contributed by atoms with Gasteiger partial charge in [-0.05, 0) is 68.6 Å². The molecule has 4 aliphatic rings. The van der Waals surface area contributed by atoms with Crippen molar-refractivity contribution in [2.24, 2.45) is 23.2 Å². The zero-order valence-electron chi connectivity index (χ0n) is 12.3. The summed E-state index contributed by atoms with van der Waals surface area (Å²) >= 11 is 0. The molecular formula is C16H25N3O. The van der Waals surface area contributed by atoms with E-state index in [1.54, 1.807) is 0 Å². The highest BCUT2D eigenvalue weighted by molar-refractivity contribution is 5.78. The van der Waals surface area contributed by atoms with Crippen molar-refractivity contribution in [2.45, 2.75) is 51.5 Å². The van der Waals surface area contributed by atoms with Crippen molar-refractivity contribution in [3.05, 3.63) is 0 Å². The molecule has 4 aliphatic carbocycles. The van der Waals surface area contributed by atoms with E-state index in [0.717, 1.165) is 17.8 Å². The fraction of sp³-hybridized carbons (Fsp3) is 0.875. The summed E-state index contributed by atoms with van der Waals surface area (Å²) < 4.78 is 0. The van der Waals surface area contributed by atoms with E-state index in [1.165, 1.54) is 38.5 Å². The Kier molecular flexibility index (Phi) is 3.72.